The van der Waals surface area contributed by atoms with Gasteiger partial charge in [-0.25, -0.2) is 0 Å². The molecule has 4 aromatic carbocycles. The third kappa shape index (κ3) is 1.99. The Hall–Kier alpha value is -2.91. The lowest BCUT2D eigenvalue weighted by molar-refractivity contribution is 0.772. The predicted octanol–water partition coefficient (Wildman–Crippen LogP) is 5.38. The highest BCUT2D eigenvalue weighted by molar-refractivity contribution is 6.31. The third-order valence-electron chi connectivity index (χ3n) is 4.30. The van der Waals surface area contributed by atoms with Crippen molar-refractivity contribution in [3.05, 3.63) is 77.8 Å². The Morgan fingerprint density at radius 3 is 2.25 bits per heavy atom. The number of hydrogen-bond donors (Lipinski definition) is 0. The molecular formula is C20H12ClN3. The second-order valence-electron chi connectivity index (χ2n) is 5.78. The van der Waals surface area contributed by atoms with Crippen LogP contribution in [0.15, 0.2) is 72.8 Å². The van der Waals surface area contributed by atoms with E-state index in [1.807, 2.05) is 30.3 Å². The molecule has 4 heteroatoms. The third-order valence-corrected chi connectivity index (χ3v) is 4.54. The highest BCUT2D eigenvalue weighted by Crippen LogP contribution is 2.30. The molecule has 5 rings (SSSR count). The Kier molecular flexibility index (Phi) is 2.84. The molecule has 0 saturated heterocycles. The van der Waals surface area contributed by atoms with E-state index in [0.29, 0.717) is 5.02 Å². The van der Waals surface area contributed by atoms with E-state index < -0.39 is 0 Å². The summed E-state index contributed by atoms with van der Waals surface area (Å²) in [6.07, 6.45) is 0. The topological polar surface area (TPSA) is 30.7 Å². The fourth-order valence-electron chi connectivity index (χ4n) is 3.20. The highest BCUT2D eigenvalue weighted by atomic mass is 35.5. The fraction of sp³-hybridized carbons (Fsp3) is 0. The van der Waals surface area contributed by atoms with Gasteiger partial charge in [0, 0.05) is 10.4 Å². The number of rotatable bonds is 1. The molecule has 0 aliphatic carbocycles. The van der Waals surface area contributed by atoms with Crippen LogP contribution in [0.2, 0.25) is 5.02 Å². The Morgan fingerprint density at radius 2 is 1.38 bits per heavy atom. The summed E-state index contributed by atoms with van der Waals surface area (Å²) in [5, 5.41) is 14.6. The van der Waals surface area contributed by atoms with Crippen molar-refractivity contribution in [1.29, 1.82) is 0 Å². The van der Waals surface area contributed by atoms with E-state index in [0.717, 1.165) is 22.1 Å². The molecular weight excluding hydrogens is 318 g/mol. The van der Waals surface area contributed by atoms with Gasteiger partial charge in [0.25, 0.3) is 0 Å². The van der Waals surface area contributed by atoms with Crippen molar-refractivity contribution in [2.45, 2.75) is 0 Å². The zero-order valence-electron chi connectivity index (χ0n) is 12.6. The maximum atomic E-state index is 6.07. The van der Waals surface area contributed by atoms with Crippen molar-refractivity contribution in [3.8, 4) is 5.69 Å². The Morgan fingerprint density at radius 1 is 0.667 bits per heavy atom. The lowest BCUT2D eigenvalue weighted by Gasteiger charge is -2.09. The maximum Gasteiger partial charge on any atom is 0.115 e. The van der Waals surface area contributed by atoms with Crippen LogP contribution < -0.4 is 0 Å². The molecule has 0 amide bonds. The van der Waals surface area contributed by atoms with Crippen LogP contribution in [0.4, 0.5) is 0 Å². The van der Waals surface area contributed by atoms with Crippen LogP contribution in [-0.4, -0.2) is 15.0 Å². The summed E-state index contributed by atoms with van der Waals surface area (Å²) < 4.78 is 0. The van der Waals surface area contributed by atoms with Gasteiger partial charge in [0.15, 0.2) is 0 Å². The van der Waals surface area contributed by atoms with Crippen LogP contribution in [0.1, 0.15) is 0 Å². The highest BCUT2D eigenvalue weighted by Gasteiger charge is 2.11. The van der Waals surface area contributed by atoms with Gasteiger partial charge in [-0.1, -0.05) is 60.1 Å². The van der Waals surface area contributed by atoms with Gasteiger partial charge in [-0.15, -0.1) is 15.0 Å². The van der Waals surface area contributed by atoms with Gasteiger partial charge in [-0.2, -0.15) is 0 Å². The molecule has 0 fully saturated rings. The first-order valence-corrected chi connectivity index (χ1v) is 8.11. The maximum absolute atomic E-state index is 6.07. The summed E-state index contributed by atoms with van der Waals surface area (Å²) >= 11 is 6.07. The van der Waals surface area contributed by atoms with Crippen molar-refractivity contribution in [2.75, 3.05) is 0 Å². The molecule has 0 atom stereocenters. The van der Waals surface area contributed by atoms with Gasteiger partial charge < -0.3 is 0 Å². The van der Waals surface area contributed by atoms with Crippen LogP contribution in [0, 0.1) is 0 Å². The first-order valence-electron chi connectivity index (χ1n) is 7.73. The second kappa shape index (κ2) is 5.05. The van der Waals surface area contributed by atoms with Crippen molar-refractivity contribution in [3.63, 3.8) is 0 Å². The molecule has 114 valence electrons. The van der Waals surface area contributed by atoms with E-state index in [4.69, 9.17) is 11.6 Å². The Balaban J connectivity index is 1.89. The summed E-state index contributed by atoms with van der Waals surface area (Å²) in [7, 11) is 0. The first kappa shape index (κ1) is 13.5. The molecule has 1 aromatic heterocycles. The van der Waals surface area contributed by atoms with Crippen LogP contribution in [0.25, 0.3) is 38.3 Å². The summed E-state index contributed by atoms with van der Waals surface area (Å²) in [5.74, 6) is 0. The first-order chi connectivity index (χ1) is 11.8. The molecule has 0 aliphatic rings. The summed E-state index contributed by atoms with van der Waals surface area (Å²) in [6.45, 7) is 0. The van der Waals surface area contributed by atoms with Crippen LogP contribution in [0.3, 0.4) is 0 Å². The molecule has 0 spiro atoms. The molecule has 24 heavy (non-hydrogen) atoms. The van der Waals surface area contributed by atoms with E-state index >= 15 is 0 Å². The summed E-state index contributed by atoms with van der Waals surface area (Å²) in [5.41, 5.74) is 2.59. The number of halogens is 1. The zero-order valence-corrected chi connectivity index (χ0v) is 13.4. The largest absolute Gasteiger partial charge is 0.150 e. The minimum Gasteiger partial charge on any atom is -0.150 e. The van der Waals surface area contributed by atoms with E-state index in [9.17, 15) is 0 Å². The monoisotopic (exact) mass is 329 g/mol. The molecule has 3 nitrogen and oxygen atoms in total. The van der Waals surface area contributed by atoms with Gasteiger partial charge in [-0.05, 0) is 40.4 Å². The van der Waals surface area contributed by atoms with E-state index in [2.05, 4.69) is 52.7 Å². The van der Waals surface area contributed by atoms with Crippen molar-refractivity contribution in [2.24, 2.45) is 0 Å². The van der Waals surface area contributed by atoms with E-state index in [-0.39, 0.29) is 0 Å². The quantitative estimate of drug-likeness (QED) is 0.386. The molecule has 0 aliphatic heterocycles. The van der Waals surface area contributed by atoms with Crippen LogP contribution >= 0.6 is 11.6 Å². The predicted molar refractivity (Wildman–Crippen MR) is 98.9 cm³/mol. The fourth-order valence-corrected chi connectivity index (χ4v) is 3.36. The molecule has 5 aromatic rings. The van der Waals surface area contributed by atoms with Gasteiger partial charge in [-0.3, -0.25) is 0 Å². The molecule has 0 unspecified atom stereocenters. The molecule has 0 radical (unpaired) electrons. The minimum atomic E-state index is 0.665. The standard InChI is InChI=1S/C20H12ClN3/c21-14-9-10-18-19(12-14)23-24(22-18)20-11-13-5-1-2-6-15(13)16-7-3-4-8-17(16)20/h1-12H. The molecule has 0 saturated carbocycles. The minimum absolute atomic E-state index is 0.665. The number of hydrogen-bond acceptors (Lipinski definition) is 2. The smallest absolute Gasteiger partial charge is 0.115 e. The SMILES string of the molecule is Clc1ccc2nn(-c3cc4ccccc4c4ccccc34)nc2c1. The van der Waals surface area contributed by atoms with Crippen LogP contribution in [-0.2, 0) is 0 Å². The zero-order chi connectivity index (χ0) is 16.1. The number of fused-ring (bicyclic) bond motifs is 4. The van der Waals surface area contributed by atoms with Crippen molar-refractivity contribution >= 4 is 44.2 Å². The average Bonchev–Trinajstić information content (AvgIpc) is 3.04. The van der Waals surface area contributed by atoms with Gasteiger partial charge in [0.05, 0.1) is 5.69 Å². The second-order valence-corrected chi connectivity index (χ2v) is 6.22. The lowest BCUT2D eigenvalue weighted by Crippen LogP contribution is -2.00. The normalized spacial score (nSPS) is 11.5. The van der Waals surface area contributed by atoms with Crippen molar-refractivity contribution < 1.29 is 0 Å². The number of nitrogens with zero attached hydrogens (tertiary/aromatic N) is 3. The van der Waals surface area contributed by atoms with Gasteiger partial charge in [0.2, 0.25) is 0 Å². The van der Waals surface area contributed by atoms with Crippen molar-refractivity contribution in [1.82, 2.24) is 15.0 Å². The Labute approximate surface area is 143 Å². The molecule has 0 N–H and O–H groups in total. The molecule has 1 heterocycles. The Bertz CT molecular complexity index is 1220. The lowest BCUT2D eigenvalue weighted by atomic mass is 10.0. The molecule has 0 bridgehead atoms. The van der Waals surface area contributed by atoms with E-state index in [1.54, 1.807) is 4.80 Å². The van der Waals surface area contributed by atoms with E-state index in [1.165, 1.54) is 16.2 Å². The van der Waals surface area contributed by atoms with Gasteiger partial charge >= 0.3 is 0 Å². The van der Waals surface area contributed by atoms with Crippen LogP contribution in [0.5, 0.6) is 0 Å². The van der Waals surface area contributed by atoms with Gasteiger partial charge in [0.1, 0.15) is 11.0 Å². The summed E-state index contributed by atoms with van der Waals surface area (Å²) in [4.78, 5) is 1.70. The average molecular weight is 330 g/mol. The summed E-state index contributed by atoms with van der Waals surface area (Å²) in [6, 6.07) is 24.4. The number of benzene rings is 4. The number of aromatic nitrogens is 3.